The van der Waals surface area contributed by atoms with E-state index in [2.05, 4.69) is 25.1 Å². The van der Waals surface area contributed by atoms with E-state index in [1.54, 1.807) is 6.20 Å². The van der Waals surface area contributed by atoms with E-state index in [9.17, 15) is 0 Å². The lowest BCUT2D eigenvalue weighted by Gasteiger charge is -2.28. The van der Waals surface area contributed by atoms with Gasteiger partial charge < -0.3 is 25.6 Å². The maximum Gasteiger partial charge on any atom is 0.230 e. The monoisotopic (exact) mass is 362 g/mol. The van der Waals surface area contributed by atoms with Crippen LogP contribution >= 0.6 is 11.3 Å². The first-order valence-electron chi connectivity index (χ1n) is 8.56. The maximum absolute atomic E-state index is 5.79. The fourth-order valence-corrected chi connectivity index (χ4v) is 3.57. The molecule has 4 heterocycles. The van der Waals surface area contributed by atoms with E-state index in [1.165, 1.54) is 11.3 Å². The summed E-state index contributed by atoms with van der Waals surface area (Å²) in [6, 6.07) is 0. The molecule has 2 aliphatic heterocycles. The van der Waals surface area contributed by atoms with Crippen LogP contribution < -0.4 is 20.9 Å². The maximum atomic E-state index is 5.79. The summed E-state index contributed by atoms with van der Waals surface area (Å²) in [7, 11) is 0. The summed E-state index contributed by atoms with van der Waals surface area (Å²) >= 11 is 1.40. The molecule has 25 heavy (non-hydrogen) atoms. The summed E-state index contributed by atoms with van der Waals surface area (Å²) in [5, 5.41) is 3.93. The molecule has 3 N–H and O–H groups in total. The van der Waals surface area contributed by atoms with Gasteiger partial charge in [0.25, 0.3) is 0 Å². The minimum absolute atomic E-state index is 0.517. The molecule has 0 radical (unpaired) electrons. The van der Waals surface area contributed by atoms with Gasteiger partial charge in [-0.05, 0) is 13.0 Å². The summed E-state index contributed by atoms with van der Waals surface area (Å²) in [6.07, 6.45) is 2.80. The summed E-state index contributed by atoms with van der Waals surface area (Å²) in [4.78, 5) is 23.5. The summed E-state index contributed by atoms with van der Waals surface area (Å²) in [5.74, 6) is 2.06. The minimum atomic E-state index is 0.517. The zero-order valence-electron chi connectivity index (χ0n) is 14.0. The van der Waals surface area contributed by atoms with Crippen molar-refractivity contribution in [3.05, 3.63) is 6.20 Å². The molecule has 0 spiro atoms. The average Bonchev–Trinajstić information content (AvgIpc) is 2.92. The number of rotatable bonds is 3. The van der Waals surface area contributed by atoms with Crippen LogP contribution in [-0.2, 0) is 4.74 Å². The fourth-order valence-electron chi connectivity index (χ4n) is 2.95. The van der Waals surface area contributed by atoms with Crippen molar-refractivity contribution in [1.29, 1.82) is 0 Å². The average molecular weight is 362 g/mol. The van der Waals surface area contributed by atoms with Crippen LogP contribution in [0, 0.1) is 0 Å². The molecule has 0 saturated carbocycles. The quantitative estimate of drug-likeness (QED) is 0.793. The summed E-state index contributed by atoms with van der Waals surface area (Å²) < 4.78 is 5.45. The van der Waals surface area contributed by atoms with Crippen molar-refractivity contribution in [3.63, 3.8) is 0 Å². The molecule has 134 valence electrons. The predicted octanol–water partition coefficient (Wildman–Crippen LogP) is 0.214. The first kappa shape index (κ1) is 16.4. The van der Waals surface area contributed by atoms with Gasteiger partial charge in [-0.15, -0.1) is 0 Å². The highest BCUT2D eigenvalue weighted by Gasteiger charge is 2.21. The lowest BCUT2D eigenvalue weighted by Crippen LogP contribution is -2.38. The zero-order chi connectivity index (χ0) is 17.1. The molecule has 0 amide bonds. The van der Waals surface area contributed by atoms with Crippen LogP contribution in [0.15, 0.2) is 6.20 Å². The Balaban J connectivity index is 1.71. The number of nitrogens with one attached hydrogen (secondary N) is 1. The molecule has 9 nitrogen and oxygen atoms in total. The van der Waals surface area contributed by atoms with Gasteiger partial charge in [-0.25, -0.2) is 4.98 Å². The van der Waals surface area contributed by atoms with Gasteiger partial charge in [0.1, 0.15) is 0 Å². The molecule has 0 bridgehead atoms. The van der Waals surface area contributed by atoms with Crippen LogP contribution in [0.5, 0.6) is 0 Å². The van der Waals surface area contributed by atoms with Crippen molar-refractivity contribution in [2.45, 2.75) is 6.42 Å². The lowest BCUT2D eigenvalue weighted by atomic mass is 10.4. The molecule has 2 aliphatic rings. The van der Waals surface area contributed by atoms with Crippen LogP contribution in [0.25, 0.3) is 10.7 Å². The Morgan fingerprint density at radius 3 is 2.48 bits per heavy atom. The third-order valence-corrected chi connectivity index (χ3v) is 5.10. The molecule has 4 rings (SSSR count). The number of anilines is 3. The first-order valence-corrected chi connectivity index (χ1v) is 9.37. The Labute approximate surface area is 150 Å². The van der Waals surface area contributed by atoms with E-state index in [0.717, 1.165) is 56.5 Å². The van der Waals surface area contributed by atoms with E-state index in [1.807, 2.05) is 0 Å². The second-order valence-corrected chi connectivity index (χ2v) is 7.07. The lowest BCUT2D eigenvalue weighted by molar-refractivity contribution is 0.122. The van der Waals surface area contributed by atoms with Gasteiger partial charge in [0.15, 0.2) is 11.0 Å². The van der Waals surface area contributed by atoms with Crippen molar-refractivity contribution >= 4 is 28.4 Å². The number of morpholine rings is 1. The second-order valence-electron chi connectivity index (χ2n) is 6.01. The van der Waals surface area contributed by atoms with E-state index in [4.69, 9.17) is 20.4 Å². The van der Waals surface area contributed by atoms with Gasteiger partial charge >= 0.3 is 0 Å². The van der Waals surface area contributed by atoms with Crippen molar-refractivity contribution in [3.8, 4) is 10.7 Å². The van der Waals surface area contributed by atoms with Crippen molar-refractivity contribution in [2.75, 3.05) is 68.0 Å². The highest BCUT2D eigenvalue weighted by molar-refractivity contribution is 7.18. The van der Waals surface area contributed by atoms with Gasteiger partial charge in [0, 0.05) is 32.7 Å². The summed E-state index contributed by atoms with van der Waals surface area (Å²) in [6.45, 7) is 6.73. The highest BCUT2D eigenvalue weighted by atomic mass is 32.1. The van der Waals surface area contributed by atoms with Crippen LogP contribution in [0.1, 0.15) is 6.42 Å². The Morgan fingerprint density at radius 1 is 1.00 bits per heavy atom. The number of nitrogens with zero attached hydrogens (tertiary/aromatic N) is 6. The van der Waals surface area contributed by atoms with Crippen molar-refractivity contribution in [2.24, 2.45) is 0 Å². The zero-order valence-corrected chi connectivity index (χ0v) is 14.8. The van der Waals surface area contributed by atoms with Gasteiger partial charge in [-0.1, -0.05) is 11.3 Å². The third kappa shape index (κ3) is 3.80. The topological polar surface area (TPSA) is 105 Å². The highest BCUT2D eigenvalue weighted by Crippen LogP contribution is 2.27. The molecule has 2 aromatic heterocycles. The largest absolute Gasteiger partial charge is 0.378 e. The molecular formula is C15H22N8OS. The van der Waals surface area contributed by atoms with Gasteiger partial charge in [-0.3, -0.25) is 0 Å². The van der Waals surface area contributed by atoms with E-state index in [0.29, 0.717) is 30.1 Å². The number of thiazole rings is 1. The van der Waals surface area contributed by atoms with Crippen LogP contribution in [-0.4, -0.2) is 72.4 Å². The molecule has 0 unspecified atom stereocenters. The number of hydrogen-bond donors (Lipinski definition) is 2. The van der Waals surface area contributed by atoms with E-state index < -0.39 is 0 Å². The normalized spacial score (nSPS) is 19.0. The second kappa shape index (κ2) is 7.46. The first-order chi connectivity index (χ1) is 12.3. The van der Waals surface area contributed by atoms with E-state index >= 15 is 0 Å². The smallest absolute Gasteiger partial charge is 0.230 e. The molecule has 0 aliphatic carbocycles. The molecular weight excluding hydrogens is 340 g/mol. The number of nitrogen functional groups attached to an aromatic ring is 1. The van der Waals surface area contributed by atoms with Crippen molar-refractivity contribution < 1.29 is 4.74 Å². The fraction of sp³-hybridized carbons (Fsp3) is 0.600. The molecule has 0 aromatic carbocycles. The predicted molar refractivity (Wildman–Crippen MR) is 98.1 cm³/mol. The third-order valence-electron chi connectivity index (χ3n) is 4.27. The van der Waals surface area contributed by atoms with Crippen LogP contribution in [0.2, 0.25) is 0 Å². The van der Waals surface area contributed by atoms with Crippen LogP contribution in [0.3, 0.4) is 0 Å². The van der Waals surface area contributed by atoms with Gasteiger partial charge in [-0.2, -0.15) is 15.0 Å². The molecule has 2 fully saturated rings. The molecule has 0 atom stereocenters. The molecule has 2 saturated heterocycles. The number of aromatic nitrogens is 4. The molecule has 2 aromatic rings. The number of nitrogens with two attached hydrogens (primary N) is 1. The van der Waals surface area contributed by atoms with Gasteiger partial charge in [0.05, 0.1) is 24.3 Å². The Kier molecular flexibility index (Phi) is 4.90. The Morgan fingerprint density at radius 2 is 1.76 bits per heavy atom. The minimum Gasteiger partial charge on any atom is -0.378 e. The van der Waals surface area contributed by atoms with Crippen molar-refractivity contribution in [1.82, 2.24) is 25.3 Å². The van der Waals surface area contributed by atoms with Crippen LogP contribution in [0.4, 0.5) is 17.0 Å². The Hall–Kier alpha value is -2.04. The van der Waals surface area contributed by atoms with E-state index in [-0.39, 0.29) is 0 Å². The number of ether oxygens (including phenoxy) is 1. The molecule has 10 heteroatoms. The SMILES string of the molecule is Nc1ncc(-c2nc(N3CCCNCC3)nc(N3CCOCC3)n2)s1. The Bertz CT molecular complexity index is 709. The summed E-state index contributed by atoms with van der Waals surface area (Å²) in [5.41, 5.74) is 5.79. The van der Waals surface area contributed by atoms with Gasteiger partial charge in [0.2, 0.25) is 11.9 Å². The number of hydrogen-bond acceptors (Lipinski definition) is 10. The standard InChI is InChI=1S/C15H22N8OS/c16-13-18-10-11(25-13)12-19-14(22-4-1-2-17-3-5-22)21-15(20-12)23-6-8-24-9-7-23/h10,17H,1-9H2,(H2,16,18).